The number of hydrogen-bond donors (Lipinski definition) is 2. The quantitative estimate of drug-likeness (QED) is 0.864. The summed E-state index contributed by atoms with van der Waals surface area (Å²) in [5, 5.41) is 3.25. The second-order valence-corrected chi connectivity index (χ2v) is 4.41. The number of aromatic nitrogens is 2. The Morgan fingerprint density at radius 2 is 2.06 bits per heavy atom. The summed E-state index contributed by atoms with van der Waals surface area (Å²) in [7, 11) is 1.90. The van der Waals surface area contributed by atoms with Crippen LogP contribution >= 0.6 is 0 Å². The van der Waals surface area contributed by atoms with Crippen LogP contribution in [-0.4, -0.2) is 17.0 Å². The molecule has 0 saturated carbocycles. The highest BCUT2D eigenvalue weighted by Crippen LogP contribution is 2.24. The number of nitrogen functional groups attached to an aromatic ring is 1. The van der Waals surface area contributed by atoms with Crippen molar-refractivity contribution < 1.29 is 0 Å². The van der Waals surface area contributed by atoms with Gasteiger partial charge in [0, 0.05) is 17.5 Å². The highest BCUT2D eigenvalue weighted by Gasteiger charge is 2.17. The van der Waals surface area contributed by atoms with E-state index in [-0.39, 0.29) is 6.04 Å². The van der Waals surface area contributed by atoms with Gasteiger partial charge >= 0.3 is 0 Å². The van der Waals surface area contributed by atoms with Gasteiger partial charge in [0.25, 0.3) is 0 Å². The molecule has 0 saturated heterocycles. The van der Waals surface area contributed by atoms with E-state index in [1.54, 1.807) is 6.20 Å². The number of pyridine rings is 2. The van der Waals surface area contributed by atoms with Crippen molar-refractivity contribution in [3.05, 3.63) is 53.0 Å². The zero-order valence-electron chi connectivity index (χ0n) is 10.9. The van der Waals surface area contributed by atoms with Crippen LogP contribution in [-0.2, 0) is 0 Å². The Morgan fingerprint density at radius 3 is 2.72 bits per heavy atom. The number of nitrogens with zero attached hydrogens (tertiary/aromatic N) is 2. The molecule has 1 atom stereocenters. The summed E-state index contributed by atoms with van der Waals surface area (Å²) < 4.78 is 0. The van der Waals surface area contributed by atoms with Gasteiger partial charge in [0.05, 0.1) is 11.7 Å². The van der Waals surface area contributed by atoms with Crippen molar-refractivity contribution in [1.82, 2.24) is 15.3 Å². The molecule has 2 aromatic heterocycles. The summed E-state index contributed by atoms with van der Waals surface area (Å²) in [6.45, 7) is 3.99. The van der Waals surface area contributed by atoms with Gasteiger partial charge in [-0.15, -0.1) is 0 Å². The highest BCUT2D eigenvalue weighted by atomic mass is 14.9. The van der Waals surface area contributed by atoms with Gasteiger partial charge in [0.1, 0.15) is 5.82 Å². The van der Waals surface area contributed by atoms with Gasteiger partial charge in [-0.05, 0) is 44.7 Å². The Balaban J connectivity index is 2.48. The van der Waals surface area contributed by atoms with Gasteiger partial charge in [0.2, 0.25) is 0 Å². The number of nitrogens with one attached hydrogen (secondary N) is 1. The first-order chi connectivity index (χ1) is 8.61. The summed E-state index contributed by atoms with van der Waals surface area (Å²) in [4.78, 5) is 8.75. The number of rotatable bonds is 3. The van der Waals surface area contributed by atoms with Gasteiger partial charge in [-0.25, -0.2) is 4.98 Å². The molecule has 0 bridgehead atoms. The SMILES string of the molecule is CNC(c1cccc(C)n1)c1cc(C)cnc1N. The van der Waals surface area contributed by atoms with E-state index in [1.807, 2.05) is 45.2 Å². The molecule has 0 aliphatic heterocycles. The van der Waals surface area contributed by atoms with E-state index in [4.69, 9.17) is 5.73 Å². The van der Waals surface area contributed by atoms with E-state index < -0.39 is 0 Å². The normalized spacial score (nSPS) is 12.4. The molecule has 1 unspecified atom stereocenters. The molecule has 2 aromatic rings. The third-order valence-electron chi connectivity index (χ3n) is 2.89. The van der Waals surface area contributed by atoms with Crippen LogP contribution < -0.4 is 11.1 Å². The summed E-state index contributed by atoms with van der Waals surface area (Å²) in [5.74, 6) is 0.545. The second-order valence-electron chi connectivity index (χ2n) is 4.41. The lowest BCUT2D eigenvalue weighted by Crippen LogP contribution is -2.21. The Labute approximate surface area is 107 Å². The van der Waals surface area contributed by atoms with Crippen LogP contribution in [0.3, 0.4) is 0 Å². The first-order valence-corrected chi connectivity index (χ1v) is 5.94. The first-order valence-electron chi connectivity index (χ1n) is 5.94. The van der Waals surface area contributed by atoms with E-state index in [2.05, 4.69) is 15.3 Å². The van der Waals surface area contributed by atoms with Crippen molar-refractivity contribution in [3.8, 4) is 0 Å². The van der Waals surface area contributed by atoms with Crippen LogP contribution in [0.25, 0.3) is 0 Å². The van der Waals surface area contributed by atoms with Crippen molar-refractivity contribution in [2.45, 2.75) is 19.9 Å². The van der Waals surface area contributed by atoms with Crippen molar-refractivity contribution >= 4 is 5.82 Å². The average molecular weight is 242 g/mol. The molecule has 0 aliphatic rings. The zero-order valence-corrected chi connectivity index (χ0v) is 10.9. The number of anilines is 1. The van der Waals surface area contributed by atoms with Gasteiger partial charge in [-0.2, -0.15) is 0 Å². The molecule has 4 nitrogen and oxygen atoms in total. The number of nitrogens with two attached hydrogens (primary N) is 1. The predicted octanol–water partition coefficient (Wildman–Crippen LogP) is 1.98. The van der Waals surface area contributed by atoms with Crippen molar-refractivity contribution in [1.29, 1.82) is 0 Å². The van der Waals surface area contributed by atoms with Crippen LogP contribution in [0.4, 0.5) is 5.82 Å². The monoisotopic (exact) mass is 242 g/mol. The van der Waals surface area contributed by atoms with Gasteiger partial charge in [-0.1, -0.05) is 6.07 Å². The van der Waals surface area contributed by atoms with Crippen LogP contribution in [0.5, 0.6) is 0 Å². The van der Waals surface area contributed by atoms with E-state index >= 15 is 0 Å². The Morgan fingerprint density at radius 1 is 1.28 bits per heavy atom. The van der Waals surface area contributed by atoms with Gasteiger partial charge < -0.3 is 11.1 Å². The van der Waals surface area contributed by atoms with E-state index in [9.17, 15) is 0 Å². The molecular formula is C14H18N4. The van der Waals surface area contributed by atoms with E-state index in [0.717, 1.165) is 22.5 Å². The molecule has 4 heteroatoms. The molecule has 0 radical (unpaired) electrons. The zero-order chi connectivity index (χ0) is 13.1. The topological polar surface area (TPSA) is 63.8 Å². The maximum absolute atomic E-state index is 5.96. The minimum atomic E-state index is -0.0303. The minimum absolute atomic E-state index is 0.0303. The third kappa shape index (κ3) is 2.49. The number of aryl methyl sites for hydroxylation is 2. The van der Waals surface area contributed by atoms with Gasteiger partial charge in [0.15, 0.2) is 0 Å². The molecule has 0 fully saturated rings. The van der Waals surface area contributed by atoms with Crippen LogP contribution in [0.15, 0.2) is 30.5 Å². The summed E-state index contributed by atoms with van der Waals surface area (Å²) in [5.41, 5.74) is 9.97. The second kappa shape index (κ2) is 5.14. The molecule has 18 heavy (non-hydrogen) atoms. The fraction of sp³-hybridized carbons (Fsp3) is 0.286. The Kier molecular flexibility index (Phi) is 3.58. The molecule has 0 spiro atoms. The molecule has 94 valence electrons. The lowest BCUT2D eigenvalue weighted by molar-refractivity contribution is 0.667. The maximum atomic E-state index is 5.96. The molecular weight excluding hydrogens is 224 g/mol. The largest absolute Gasteiger partial charge is 0.383 e. The lowest BCUT2D eigenvalue weighted by atomic mass is 10.0. The fourth-order valence-corrected chi connectivity index (χ4v) is 2.02. The molecule has 0 aliphatic carbocycles. The summed E-state index contributed by atoms with van der Waals surface area (Å²) >= 11 is 0. The van der Waals surface area contributed by atoms with Crippen LogP contribution in [0.1, 0.15) is 28.6 Å². The standard InChI is InChI=1S/C14H18N4/c1-9-7-11(14(15)17-8-9)13(16-3)12-6-4-5-10(2)18-12/h4-8,13,16H,1-3H3,(H2,15,17). The number of hydrogen-bond acceptors (Lipinski definition) is 4. The third-order valence-corrected chi connectivity index (χ3v) is 2.89. The van der Waals surface area contributed by atoms with Crippen LogP contribution in [0, 0.1) is 13.8 Å². The lowest BCUT2D eigenvalue weighted by Gasteiger charge is -2.18. The molecule has 3 N–H and O–H groups in total. The van der Waals surface area contributed by atoms with E-state index in [1.165, 1.54) is 0 Å². The Hall–Kier alpha value is -1.94. The van der Waals surface area contributed by atoms with Crippen molar-refractivity contribution in [3.63, 3.8) is 0 Å². The predicted molar refractivity (Wildman–Crippen MR) is 73.3 cm³/mol. The van der Waals surface area contributed by atoms with E-state index in [0.29, 0.717) is 5.82 Å². The molecule has 2 rings (SSSR count). The molecule has 2 heterocycles. The average Bonchev–Trinajstić information content (AvgIpc) is 2.35. The van der Waals surface area contributed by atoms with Crippen molar-refractivity contribution in [2.75, 3.05) is 12.8 Å². The Bertz CT molecular complexity index is 551. The smallest absolute Gasteiger partial charge is 0.128 e. The molecule has 0 aromatic carbocycles. The molecule has 0 amide bonds. The highest BCUT2D eigenvalue weighted by molar-refractivity contribution is 5.46. The summed E-state index contributed by atoms with van der Waals surface area (Å²) in [6, 6.07) is 8.00. The first kappa shape index (κ1) is 12.5. The minimum Gasteiger partial charge on any atom is -0.383 e. The van der Waals surface area contributed by atoms with Crippen molar-refractivity contribution in [2.24, 2.45) is 0 Å². The maximum Gasteiger partial charge on any atom is 0.128 e. The van der Waals surface area contributed by atoms with Crippen LogP contribution in [0.2, 0.25) is 0 Å². The summed E-state index contributed by atoms with van der Waals surface area (Å²) in [6.07, 6.45) is 1.77. The fourth-order valence-electron chi connectivity index (χ4n) is 2.02. The van der Waals surface area contributed by atoms with Gasteiger partial charge in [-0.3, -0.25) is 4.98 Å².